The average molecular weight is 706 g/mol. The fourth-order valence-corrected chi connectivity index (χ4v) is 8.39. The minimum atomic E-state index is -0.359. The van der Waals surface area contributed by atoms with Crippen molar-refractivity contribution in [2.24, 2.45) is 0 Å². The highest BCUT2D eigenvalue weighted by molar-refractivity contribution is 5.94. The molecule has 0 aromatic heterocycles. The Hall–Kier alpha value is -2.61. The molecule has 12 heteroatoms. The second-order valence-electron chi connectivity index (χ2n) is 18.2. The minimum Gasteiger partial charge on any atom is -0.462 e. The van der Waals surface area contributed by atoms with Gasteiger partial charge in [0.05, 0.1) is 0 Å². The van der Waals surface area contributed by atoms with E-state index in [9.17, 15) is 30.0 Å². The van der Waals surface area contributed by atoms with Gasteiger partial charge in [0.15, 0.2) is 0 Å². The molecule has 4 rings (SSSR count). The van der Waals surface area contributed by atoms with Crippen molar-refractivity contribution in [2.75, 3.05) is 0 Å². The van der Waals surface area contributed by atoms with Crippen LogP contribution in [-0.4, -0.2) is 100 Å². The fourth-order valence-electron chi connectivity index (χ4n) is 8.39. The van der Waals surface area contributed by atoms with Crippen LogP contribution in [0.25, 0.3) is 0 Å². The highest BCUT2D eigenvalue weighted by Crippen LogP contribution is 2.39. The number of rotatable bonds is 4. The molecule has 0 aliphatic carbocycles. The Morgan fingerprint density at radius 1 is 0.580 bits per heavy atom. The number of amides is 2. The van der Waals surface area contributed by atoms with Crippen molar-refractivity contribution in [1.29, 1.82) is 0 Å². The molecular formula is C38H67N5O7. The number of carbonyl (C=O) groups is 3. The number of esters is 1. The number of benzene rings is 1. The highest BCUT2D eigenvalue weighted by Gasteiger charge is 2.47. The summed E-state index contributed by atoms with van der Waals surface area (Å²) in [6.45, 7) is 26.7. The van der Waals surface area contributed by atoms with E-state index in [1.807, 2.05) is 113 Å². The van der Waals surface area contributed by atoms with Crippen LogP contribution in [0, 0.1) is 0 Å². The third-order valence-corrected chi connectivity index (χ3v) is 9.99. The molecular weight excluding hydrogens is 638 g/mol. The number of hydrogen-bond acceptors (Lipinski definition) is 10. The van der Waals surface area contributed by atoms with Crippen LogP contribution in [-0.2, 0) is 14.3 Å². The van der Waals surface area contributed by atoms with Crippen LogP contribution in [0.2, 0.25) is 0 Å². The molecule has 3 saturated heterocycles. The van der Waals surface area contributed by atoms with Gasteiger partial charge in [-0.15, -0.1) is 0 Å². The van der Waals surface area contributed by atoms with Gasteiger partial charge in [-0.25, -0.2) is 0 Å². The number of hydrogen-bond donors (Lipinski definition) is 5. The molecule has 0 atom stereocenters. The Balaban J connectivity index is 0.000000265. The third-order valence-electron chi connectivity index (χ3n) is 9.99. The molecule has 5 N–H and O–H groups in total. The number of nitrogens with zero attached hydrogens (tertiary/aromatic N) is 3. The van der Waals surface area contributed by atoms with Crippen molar-refractivity contribution in [3.63, 3.8) is 0 Å². The van der Waals surface area contributed by atoms with Gasteiger partial charge in [0.1, 0.15) is 6.10 Å². The number of piperidine rings is 3. The maximum absolute atomic E-state index is 12.2. The van der Waals surface area contributed by atoms with Crippen molar-refractivity contribution >= 4 is 17.8 Å². The maximum atomic E-state index is 12.2. The van der Waals surface area contributed by atoms with Crippen LogP contribution in [0.3, 0.4) is 0 Å². The molecule has 286 valence electrons. The van der Waals surface area contributed by atoms with E-state index in [1.165, 1.54) is 29.0 Å². The van der Waals surface area contributed by atoms with Crippen molar-refractivity contribution in [1.82, 2.24) is 25.8 Å². The molecule has 50 heavy (non-hydrogen) atoms. The summed E-state index contributed by atoms with van der Waals surface area (Å²) >= 11 is 0. The standard InChI is InChI=1S/C16H24N2O2.C11H22N2O2.C11H21NO3/c1-15(2)10-13(11-16(3,4)18(15)20)17-14(19)12-8-6-5-7-9-12;1-8(14)12-9-6-10(2,3)13(15)11(4,5)7-9;1-8(13)15-9-6-10(2,3)12(14)11(4,5)7-9/h5-9,13,20H,10-11H2,1-4H3,(H,17,19);9,15H,6-7H2,1-5H3,(H,12,14);9,14H,6-7H2,1-5H3. The first-order valence-electron chi connectivity index (χ1n) is 17.8. The SMILES string of the molecule is CC(=O)NC1CC(C)(C)N(O)C(C)(C)C1.CC(=O)OC1CC(C)(C)N(O)C(C)(C)C1.CC1(C)CC(NC(=O)c2ccccc2)CC(C)(C)N1O. The number of nitrogens with one attached hydrogen (secondary N) is 2. The van der Waals surface area contributed by atoms with E-state index < -0.39 is 0 Å². The maximum Gasteiger partial charge on any atom is 0.302 e. The Morgan fingerprint density at radius 3 is 1.22 bits per heavy atom. The second kappa shape index (κ2) is 16.0. The van der Waals surface area contributed by atoms with Gasteiger partial charge in [-0.1, -0.05) is 18.2 Å². The predicted octanol–water partition coefficient (Wildman–Crippen LogP) is 6.32. The first-order valence-corrected chi connectivity index (χ1v) is 17.8. The predicted molar refractivity (Wildman–Crippen MR) is 194 cm³/mol. The molecule has 3 fully saturated rings. The van der Waals surface area contributed by atoms with E-state index in [4.69, 9.17) is 4.74 Å². The van der Waals surface area contributed by atoms with Crippen molar-refractivity contribution in [3.8, 4) is 0 Å². The van der Waals surface area contributed by atoms with Gasteiger partial charge < -0.3 is 31.0 Å². The topological polar surface area (TPSA) is 155 Å². The summed E-state index contributed by atoms with van der Waals surface area (Å²) in [6.07, 6.45) is 4.21. The molecule has 0 radical (unpaired) electrons. The van der Waals surface area contributed by atoms with Crippen LogP contribution >= 0.6 is 0 Å². The first-order chi connectivity index (χ1) is 22.5. The van der Waals surface area contributed by atoms with Crippen molar-refractivity contribution in [3.05, 3.63) is 35.9 Å². The molecule has 1 aromatic carbocycles. The zero-order chi connectivity index (χ0) is 38.7. The van der Waals surface area contributed by atoms with E-state index in [0.717, 1.165) is 25.7 Å². The minimum absolute atomic E-state index is 0.00186. The van der Waals surface area contributed by atoms with Gasteiger partial charge in [0.2, 0.25) is 5.91 Å². The first kappa shape index (κ1) is 43.6. The summed E-state index contributed by atoms with van der Waals surface area (Å²) in [4.78, 5) is 34.2. The summed E-state index contributed by atoms with van der Waals surface area (Å²) < 4.78 is 5.23. The van der Waals surface area contributed by atoms with Crippen molar-refractivity contribution in [2.45, 2.75) is 187 Å². The van der Waals surface area contributed by atoms with Crippen LogP contribution in [0.5, 0.6) is 0 Å². The summed E-state index contributed by atoms with van der Waals surface area (Å²) in [5.41, 5.74) is -1.34. The molecule has 0 saturated carbocycles. The number of hydroxylamine groups is 6. The Morgan fingerprint density at radius 2 is 0.900 bits per heavy atom. The molecule has 0 unspecified atom stereocenters. The molecule has 3 aliphatic rings. The number of carbonyl (C=O) groups excluding carboxylic acids is 3. The van der Waals surface area contributed by atoms with Gasteiger partial charge >= 0.3 is 5.97 Å². The second-order valence-corrected chi connectivity index (χ2v) is 18.2. The average Bonchev–Trinajstić information content (AvgIpc) is 2.93. The summed E-state index contributed by atoms with van der Waals surface area (Å²) in [5, 5.41) is 40.5. The third kappa shape index (κ3) is 11.7. The molecule has 12 nitrogen and oxygen atoms in total. The van der Waals surface area contributed by atoms with Gasteiger partial charge in [0, 0.05) is 77.6 Å². The van der Waals surface area contributed by atoms with Crippen molar-refractivity contribution < 1.29 is 34.7 Å². The zero-order valence-corrected chi connectivity index (χ0v) is 33.2. The molecule has 3 aliphatic heterocycles. The monoisotopic (exact) mass is 706 g/mol. The zero-order valence-electron chi connectivity index (χ0n) is 33.2. The van der Waals surface area contributed by atoms with Gasteiger partial charge in [-0.3, -0.25) is 14.4 Å². The van der Waals surface area contributed by atoms with Crippen LogP contribution in [0.4, 0.5) is 0 Å². The highest BCUT2D eigenvalue weighted by atomic mass is 16.5. The smallest absolute Gasteiger partial charge is 0.302 e. The van der Waals surface area contributed by atoms with E-state index in [-0.39, 0.29) is 69.2 Å². The van der Waals surface area contributed by atoms with Gasteiger partial charge in [-0.05, 0) is 121 Å². The van der Waals surface area contributed by atoms with Crippen LogP contribution in [0.1, 0.15) is 146 Å². The quantitative estimate of drug-likeness (QED) is 0.225. The lowest BCUT2D eigenvalue weighted by molar-refractivity contribution is -0.259. The molecule has 2 amide bonds. The Bertz CT molecular complexity index is 1200. The van der Waals surface area contributed by atoms with Crippen LogP contribution in [0.15, 0.2) is 30.3 Å². The Kier molecular flexibility index (Phi) is 13.9. The fraction of sp³-hybridized carbons (Fsp3) is 0.763. The largest absolute Gasteiger partial charge is 0.462 e. The van der Waals surface area contributed by atoms with Crippen LogP contribution < -0.4 is 10.6 Å². The summed E-state index contributed by atoms with van der Waals surface area (Å²) in [5.74, 6) is -0.301. The molecule has 1 aromatic rings. The van der Waals surface area contributed by atoms with E-state index in [2.05, 4.69) is 10.6 Å². The number of ether oxygens (including phenoxy) is 1. The lowest BCUT2D eigenvalue weighted by Gasteiger charge is -2.51. The molecule has 0 bridgehead atoms. The summed E-state index contributed by atoms with van der Waals surface area (Å²) in [6, 6.07) is 9.46. The lowest BCUT2D eigenvalue weighted by atomic mass is 9.79. The van der Waals surface area contributed by atoms with E-state index in [1.54, 1.807) is 0 Å². The normalized spacial score (nSPS) is 24.7. The molecule has 3 heterocycles. The molecule has 0 spiro atoms. The van der Waals surface area contributed by atoms with Gasteiger partial charge in [0.25, 0.3) is 5.91 Å². The van der Waals surface area contributed by atoms with E-state index >= 15 is 0 Å². The van der Waals surface area contributed by atoms with E-state index in [0.29, 0.717) is 18.4 Å². The Labute approximate surface area is 300 Å². The summed E-state index contributed by atoms with van der Waals surface area (Å²) in [7, 11) is 0. The lowest BCUT2D eigenvalue weighted by Crippen LogP contribution is -2.62. The van der Waals surface area contributed by atoms with Gasteiger partial charge in [-0.2, -0.15) is 15.2 Å².